The second-order valence-corrected chi connectivity index (χ2v) is 7.53. The molecule has 0 amide bonds. The monoisotopic (exact) mass is 443 g/mol. The number of aliphatic imine (C=N–C) groups is 1. The summed E-state index contributed by atoms with van der Waals surface area (Å²) in [6, 6.07) is 7.45. The van der Waals surface area contributed by atoms with Crippen molar-refractivity contribution in [3.05, 3.63) is 34.9 Å². The number of nitrogens with zero attached hydrogens (tertiary/aromatic N) is 3. The summed E-state index contributed by atoms with van der Waals surface area (Å²) >= 11 is 6.52. The number of hydrogen-bond acceptors (Lipinski definition) is 8. The molecule has 0 aliphatic carbocycles. The van der Waals surface area contributed by atoms with Gasteiger partial charge in [-0.05, 0) is 19.1 Å². The van der Waals surface area contributed by atoms with Crippen LogP contribution < -0.4 is 30.0 Å². The molecule has 9 nitrogen and oxygen atoms in total. The largest absolute Gasteiger partial charge is 0.493 e. The van der Waals surface area contributed by atoms with Gasteiger partial charge >= 0.3 is 0 Å². The molecule has 0 bridgehead atoms. The van der Waals surface area contributed by atoms with Crippen molar-refractivity contribution in [2.45, 2.75) is 19.5 Å². The number of nitrogens with one attached hydrogen (secondary N) is 1. The lowest BCUT2D eigenvalue weighted by Crippen LogP contribution is -2.31. The molecule has 162 valence electrons. The third kappa shape index (κ3) is 3.34. The number of nitrogens with two attached hydrogens (primary N) is 1. The molecule has 0 saturated carbocycles. The normalized spacial score (nSPS) is 17.4. The van der Waals surface area contributed by atoms with E-state index in [2.05, 4.69) is 10.3 Å². The van der Waals surface area contributed by atoms with Gasteiger partial charge in [-0.2, -0.15) is 0 Å². The van der Waals surface area contributed by atoms with E-state index in [-0.39, 0.29) is 5.96 Å². The molecular formula is C21H22ClN5O4. The highest BCUT2D eigenvalue weighted by molar-refractivity contribution is 6.32. The Balaban J connectivity index is 1.68. The quantitative estimate of drug-likeness (QED) is 0.635. The van der Waals surface area contributed by atoms with Crippen LogP contribution in [0.1, 0.15) is 25.1 Å². The van der Waals surface area contributed by atoms with Crippen LogP contribution in [0.15, 0.2) is 29.3 Å². The van der Waals surface area contributed by atoms with E-state index in [1.807, 2.05) is 29.7 Å². The van der Waals surface area contributed by atoms with E-state index >= 15 is 0 Å². The Hall–Kier alpha value is -3.33. The minimum Gasteiger partial charge on any atom is -0.493 e. The Kier molecular flexibility index (Phi) is 4.90. The predicted octanol–water partition coefficient (Wildman–Crippen LogP) is 3.55. The molecule has 0 spiro atoms. The van der Waals surface area contributed by atoms with Crippen LogP contribution in [0.5, 0.6) is 23.0 Å². The van der Waals surface area contributed by atoms with Crippen LogP contribution in [0.4, 0.5) is 5.95 Å². The molecule has 1 aromatic heterocycles. The number of methoxy groups -OCH3 is 1. The van der Waals surface area contributed by atoms with E-state index in [1.54, 1.807) is 13.2 Å². The van der Waals surface area contributed by atoms with Crippen LogP contribution in [0, 0.1) is 0 Å². The topological polar surface area (TPSA) is 105 Å². The minimum atomic E-state index is -0.506. The average molecular weight is 444 g/mol. The maximum absolute atomic E-state index is 6.52. The number of imidazole rings is 1. The number of aromatic nitrogens is 2. The van der Waals surface area contributed by atoms with Gasteiger partial charge in [-0.1, -0.05) is 11.6 Å². The maximum atomic E-state index is 6.52. The molecule has 0 fully saturated rings. The Morgan fingerprint density at radius 2 is 2.00 bits per heavy atom. The number of guanidine groups is 1. The third-order valence-corrected chi connectivity index (χ3v) is 5.42. The Morgan fingerprint density at radius 1 is 1.23 bits per heavy atom. The first-order valence-electron chi connectivity index (χ1n) is 10.0. The molecule has 2 aromatic carbocycles. The number of benzene rings is 2. The van der Waals surface area contributed by atoms with E-state index in [1.165, 1.54) is 0 Å². The van der Waals surface area contributed by atoms with Crippen LogP contribution >= 0.6 is 11.6 Å². The smallest absolute Gasteiger partial charge is 0.212 e. The van der Waals surface area contributed by atoms with Gasteiger partial charge in [0.1, 0.15) is 0 Å². The van der Waals surface area contributed by atoms with Crippen molar-refractivity contribution < 1.29 is 18.9 Å². The summed E-state index contributed by atoms with van der Waals surface area (Å²) in [6.07, 6.45) is 0.320. The van der Waals surface area contributed by atoms with Gasteiger partial charge in [0, 0.05) is 24.1 Å². The van der Waals surface area contributed by atoms with Crippen LogP contribution in [0.2, 0.25) is 5.02 Å². The Labute approximate surface area is 183 Å². The van der Waals surface area contributed by atoms with Crippen LogP contribution in [-0.2, 0) is 0 Å². The minimum absolute atomic E-state index is 0.255. The molecule has 0 unspecified atom stereocenters. The molecule has 31 heavy (non-hydrogen) atoms. The summed E-state index contributed by atoms with van der Waals surface area (Å²) in [4.78, 5) is 9.31. The number of rotatable bonds is 4. The van der Waals surface area contributed by atoms with Crippen molar-refractivity contribution in [3.8, 4) is 23.0 Å². The van der Waals surface area contributed by atoms with Gasteiger partial charge in [0.2, 0.25) is 5.95 Å². The summed E-state index contributed by atoms with van der Waals surface area (Å²) in [6.45, 7) is 3.56. The standard InChI is InChI=1S/C21H22ClN5O4/c1-3-29-18-12(22)7-11(8-17(18)28-2)19-25-20(23)26-21-24-13-9-15-16(10-14(13)27(19)21)31-6-4-5-30-15/h7-10,19H,3-6H2,1-2H3,(H3,23,24,25,26)/t19-/m0/s1. The van der Waals surface area contributed by atoms with E-state index in [0.717, 1.165) is 23.0 Å². The van der Waals surface area contributed by atoms with E-state index in [9.17, 15) is 0 Å². The Morgan fingerprint density at radius 3 is 2.74 bits per heavy atom. The fourth-order valence-electron chi connectivity index (χ4n) is 3.82. The van der Waals surface area contributed by atoms with Gasteiger partial charge in [-0.15, -0.1) is 0 Å². The van der Waals surface area contributed by atoms with Gasteiger partial charge in [0.05, 0.1) is 43.0 Å². The molecule has 3 N–H and O–H groups in total. The van der Waals surface area contributed by atoms with Crippen LogP contribution in [-0.4, -0.2) is 42.4 Å². The lowest BCUT2D eigenvalue weighted by Gasteiger charge is -2.25. The predicted molar refractivity (Wildman–Crippen MR) is 118 cm³/mol. The zero-order chi connectivity index (χ0) is 21.5. The lowest BCUT2D eigenvalue weighted by molar-refractivity contribution is 0.297. The van der Waals surface area contributed by atoms with E-state index < -0.39 is 6.17 Å². The average Bonchev–Trinajstić information content (AvgIpc) is 2.94. The van der Waals surface area contributed by atoms with Crippen LogP contribution in [0.3, 0.4) is 0 Å². The molecule has 3 heterocycles. The van der Waals surface area contributed by atoms with Gasteiger partial charge in [-0.25, -0.2) is 9.98 Å². The van der Waals surface area contributed by atoms with Crippen LogP contribution in [0.25, 0.3) is 11.0 Å². The third-order valence-electron chi connectivity index (χ3n) is 5.14. The summed E-state index contributed by atoms with van der Waals surface area (Å²) in [5.74, 6) is 3.19. The van der Waals surface area contributed by atoms with E-state index in [0.29, 0.717) is 53.8 Å². The number of hydrogen-bond donors (Lipinski definition) is 2. The molecule has 2 aliphatic heterocycles. The molecule has 2 aliphatic rings. The molecule has 0 saturated heterocycles. The van der Waals surface area contributed by atoms with Crippen molar-refractivity contribution in [2.75, 3.05) is 32.2 Å². The highest BCUT2D eigenvalue weighted by Crippen LogP contribution is 2.42. The lowest BCUT2D eigenvalue weighted by atomic mass is 10.1. The molecule has 1 atom stereocenters. The second-order valence-electron chi connectivity index (χ2n) is 7.12. The van der Waals surface area contributed by atoms with Crippen molar-refractivity contribution in [2.24, 2.45) is 10.7 Å². The molecule has 3 aromatic rings. The molecular weight excluding hydrogens is 422 g/mol. The van der Waals surface area contributed by atoms with Crippen molar-refractivity contribution in [3.63, 3.8) is 0 Å². The first kappa shape index (κ1) is 19.6. The second kappa shape index (κ2) is 7.73. The highest BCUT2D eigenvalue weighted by Gasteiger charge is 2.28. The van der Waals surface area contributed by atoms with Gasteiger partial charge in [0.25, 0.3) is 0 Å². The summed E-state index contributed by atoms with van der Waals surface area (Å²) < 4.78 is 24.8. The first-order valence-corrected chi connectivity index (χ1v) is 10.4. The number of fused-ring (bicyclic) bond motifs is 4. The maximum Gasteiger partial charge on any atom is 0.212 e. The summed E-state index contributed by atoms with van der Waals surface area (Å²) in [5.41, 5.74) is 8.43. The fraction of sp³-hybridized carbons (Fsp3) is 0.333. The summed E-state index contributed by atoms with van der Waals surface area (Å²) in [7, 11) is 1.57. The number of halogens is 1. The summed E-state index contributed by atoms with van der Waals surface area (Å²) in [5, 5.41) is 3.47. The molecule has 5 rings (SSSR count). The van der Waals surface area contributed by atoms with Crippen molar-refractivity contribution in [1.29, 1.82) is 0 Å². The number of anilines is 1. The molecule has 0 radical (unpaired) electrons. The molecule has 10 heteroatoms. The fourth-order valence-corrected chi connectivity index (χ4v) is 4.09. The zero-order valence-corrected chi connectivity index (χ0v) is 17.9. The number of ether oxygens (including phenoxy) is 4. The zero-order valence-electron chi connectivity index (χ0n) is 17.1. The van der Waals surface area contributed by atoms with Crippen molar-refractivity contribution >= 4 is 34.5 Å². The van der Waals surface area contributed by atoms with Crippen molar-refractivity contribution in [1.82, 2.24) is 9.55 Å². The van der Waals surface area contributed by atoms with Gasteiger partial charge in [0.15, 0.2) is 35.1 Å². The van der Waals surface area contributed by atoms with E-state index in [4.69, 9.17) is 41.3 Å². The van der Waals surface area contributed by atoms with Gasteiger partial charge < -0.3 is 24.7 Å². The highest BCUT2D eigenvalue weighted by atomic mass is 35.5. The Bertz CT molecular complexity index is 1190. The SMILES string of the molecule is CCOc1c(Cl)cc([C@H]2N=C(N)Nc3nc4cc5c(cc4n32)OCCCO5)cc1OC. The van der Waals surface area contributed by atoms with Gasteiger partial charge in [-0.3, -0.25) is 9.88 Å². The first-order chi connectivity index (χ1) is 15.1.